The van der Waals surface area contributed by atoms with Crippen molar-refractivity contribution in [2.24, 2.45) is 0 Å². The van der Waals surface area contributed by atoms with Gasteiger partial charge in [-0.25, -0.2) is 0 Å². The highest BCUT2D eigenvalue weighted by Gasteiger charge is 2.08. The Balaban J connectivity index is 1.98. The second-order valence-corrected chi connectivity index (χ2v) is 4.92. The Morgan fingerprint density at radius 2 is 1.86 bits per heavy atom. The van der Waals surface area contributed by atoms with Crippen LogP contribution in [0.2, 0.25) is 5.02 Å². The molecule has 0 bridgehead atoms. The molecule has 2 aromatic carbocycles. The molecule has 0 spiro atoms. The fourth-order valence-electron chi connectivity index (χ4n) is 1.92. The van der Waals surface area contributed by atoms with Crippen LogP contribution < -0.4 is 15.4 Å². The number of carbonyl (C=O) groups excluding carboxylic acids is 1. The van der Waals surface area contributed by atoms with Crippen LogP contribution in [0.1, 0.15) is 5.56 Å². The lowest BCUT2D eigenvalue weighted by molar-refractivity contribution is -0.114. The van der Waals surface area contributed by atoms with Crippen molar-refractivity contribution in [3.05, 3.63) is 53.1 Å². The van der Waals surface area contributed by atoms with Crippen LogP contribution in [0.3, 0.4) is 0 Å². The smallest absolute Gasteiger partial charge is 0.243 e. The second-order valence-electron chi connectivity index (χ2n) is 4.51. The number of hydrogen-bond acceptors (Lipinski definition) is 3. The molecule has 0 saturated heterocycles. The van der Waals surface area contributed by atoms with E-state index in [1.165, 1.54) is 0 Å². The lowest BCUT2D eigenvalue weighted by atomic mass is 10.2. The van der Waals surface area contributed by atoms with Crippen molar-refractivity contribution < 1.29 is 9.53 Å². The summed E-state index contributed by atoms with van der Waals surface area (Å²) in [6.07, 6.45) is 0. The molecule has 0 fully saturated rings. The Labute approximate surface area is 129 Å². The largest absolute Gasteiger partial charge is 0.495 e. The number of halogens is 1. The SMILES string of the molecule is COc1ccccc1NC(=O)CNc1cccc(Cl)c1C. The third-order valence-corrected chi connectivity index (χ3v) is 3.50. The van der Waals surface area contributed by atoms with Crippen LogP contribution >= 0.6 is 11.6 Å². The van der Waals surface area contributed by atoms with E-state index in [0.29, 0.717) is 16.5 Å². The van der Waals surface area contributed by atoms with Crippen LogP contribution in [0.15, 0.2) is 42.5 Å². The van der Waals surface area contributed by atoms with Gasteiger partial charge < -0.3 is 15.4 Å². The van der Waals surface area contributed by atoms with E-state index in [1.807, 2.05) is 37.3 Å². The Morgan fingerprint density at radius 1 is 1.14 bits per heavy atom. The number of nitrogens with one attached hydrogen (secondary N) is 2. The summed E-state index contributed by atoms with van der Waals surface area (Å²) in [7, 11) is 1.57. The van der Waals surface area contributed by atoms with Crippen LogP contribution in [0.4, 0.5) is 11.4 Å². The summed E-state index contributed by atoms with van der Waals surface area (Å²) < 4.78 is 5.19. The van der Waals surface area contributed by atoms with E-state index in [1.54, 1.807) is 19.2 Å². The molecule has 1 amide bonds. The monoisotopic (exact) mass is 304 g/mol. The molecule has 2 rings (SSSR count). The number of benzene rings is 2. The molecule has 4 nitrogen and oxygen atoms in total. The number of methoxy groups -OCH3 is 1. The highest BCUT2D eigenvalue weighted by Crippen LogP contribution is 2.24. The predicted octanol–water partition coefficient (Wildman–Crippen LogP) is 3.71. The van der Waals surface area contributed by atoms with Gasteiger partial charge in [0.15, 0.2) is 0 Å². The molecular formula is C16H17ClN2O2. The van der Waals surface area contributed by atoms with Crippen LogP contribution in [0.5, 0.6) is 5.75 Å². The number of carbonyl (C=O) groups is 1. The number of hydrogen-bond donors (Lipinski definition) is 2. The van der Waals surface area contributed by atoms with E-state index < -0.39 is 0 Å². The third-order valence-electron chi connectivity index (χ3n) is 3.09. The summed E-state index contributed by atoms with van der Waals surface area (Å²) in [5.41, 5.74) is 2.41. The molecule has 21 heavy (non-hydrogen) atoms. The molecule has 5 heteroatoms. The highest BCUT2D eigenvalue weighted by molar-refractivity contribution is 6.31. The van der Waals surface area contributed by atoms with Crippen molar-refractivity contribution in [3.63, 3.8) is 0 Å². The number of rotatable bonds is 5. The lowest BCUT2D eigenvalue weighted by Crippen LogP contribution is -2.22. The van der Waals surface area contributed by atoms with E-state index >= 15 is 0 Å². The van der Waals surface area contributed by atoms with E-state index in [-0.39, 0.29) is 12.5 Å². The maximum atomic E-state index is 12.0. The van der Waals surface area contributed by atoms with Crippen LogP contribution in [0, 0.1) is 6.92 Å². The quantitative estimate of drug-likeness (QED) is 0.885. The van der Waals surface area contributed by atoms with Gasteiger partial charge in [-0.1, -0.05) is 29.8 Å². The Kier molecular flexibility index (Phi) is 5.06. The first-order chi connectivity index (χ1) is 10.1. The van der Waals surface area contributed by atoms with E-state index in [9.17, 15) is 4.79 Å². The standard InChI is InChI=1S/C16H17ClN2O2/c1-11-12(17)6-5-8-13(11)18-10-16(20)19-14-7-3-4-9-15(14)21-2/h3-9,18H,10H2,1-2H3,(H,19,20). The molecule has 0 saturated carbocycles. The van der Waals surface area contributed by atoms with Gasteiger partial charge in [0.25, 0.3) is 0 Å². The molecule has 0 atom stereocenters. The second kappa shape index (κ2) is 6.99. The predicted molar refractivity (Wildman–Crippen MR) is 86.3 cm³/mol. The minimum absolute atomic E-state index is 0.152. The van der Waals surface area contributed by atoms with Gasteiger partial charge in [-0.05, 0) is 36.8 Å². The molecular weight excluding hydrogens is 288 g/mol. The fourth-order valence-corrected chi connectivity index (χ4v) is 2.09. The number of anilines is 2. The molecule has 0 aromatic heterocycles. The van der Waals surface area contributed by atoms with Crippen molar-refractivity contribution in [3.8, 4) is 5.75 Å². The van der Waals surface area contributed by atoms with Gasteiger partial charge in [-0.3, -0.25) is 4.79 Å². The summed E-state index contributed by atoms with van der Waals surface area (Å²) in [5, 5.41) is 6.55. The summed E-state index contributed by atoms with van der Waals surface area (Å²) in [6, 6.07) is 12.8. The molecule has 0 unspecified atom stereocenters. The van der Waals surface area contributed by atoms with Gasteiger partial charge in [0.2, 0.25) is 5.91 Å². The fraction of sp³-hybridized carbons (Fsp3) is 0.188. The third kappa shape index (κ3) is 3.89. The first kappa shape index (κ1) is 15.2. The van der Waals surface area contributed by atoms with Crippen molar-refractivity contribution in [1.82, 2.24) is 0 Å². The van der Waals surface area contributed by atoms with Gasteiger partial charge in [0, 0.05) is 10.7 Å². The lowest BCUT2D eigenvalue weighted by Gasteiger charge is -2.12. The van der Waals surface area contributed by atoms with Gasteiger partial charge >= 0.3 is 0 Å². The topological polar surface area (TPSA) is 50.4 Å². The highest BCUT2D eigenvalue weighted by atomic mass is 35.5. The van der Waals surface area contributed by atoms with Gasteiger partial charge in [-0.2, -0.15) is 0 Å². The van der Waals surface area contributed by atoms with Gasteiger partial charge in [-0.15, -0.1) is 0 Å². The van der Waals surface area contributed by atoms with Gasteiger partial charge in [0.1, 0.15) is 5.75 Å². The zero-order chi connectivity index (χ0) is 15.2. The van der Waals surface area contributed by atoms with E-state index in [2.05, 4.69) is 10.6 Å². The molecule has 2 N–H and O–H groups in total. The van der Waals surface area contributed by atoms with Gasteiger partial charge in [0.05, 0.1) is 19.3 Å². The first-order valence-electron chi connectivity index (χ1n) is 6.53. The van der Waals surface area contributed by atoms with Crippen molar-refractivity contribution in [2.75, 3.05) is 24.3 Å². The summed E-state index contributed by atoms with van der Waals surface area (Å²) in [5.74, 6) is 0.476. The molecule has 0 aliphatic carbocycles. The number of amides is 1. The van der Waals surface area contributed by atoms with E-state index in [4.69, 9.17) is 16.3 Å². The van der Waals surface area contributed by atoms with Crippen molar-refractivity contribution in [2.45, 2.75) is 6.92 Å². The first-order valence-corrected chi connectivity index (χ1v) is 6.91. The molecule has 110 valence electrons. The summed E-state index contributed by atoms with van der Waals surface area (Å²) in [6.45, 7) is 2.06. The molecule has 2 aromatic rings. The van der Waals surface area contributed by atoms with Crippen molar-refractivity contribution in [1.29, 1.82) is 0 Å². The summed E-state index contributed by atoms with van der Waals surface area (Å²) in [4.78, 5) is 12.0. The number of para-hydroxylation sites is 2. The molecule has 0 aliphatic rings. The molecule has 0 radical (unpaired) electrons. The average Bonchev–Trinajstić information content (AvgIpc) is 2.49. The zero-order valence-corrected chi connectivity index (χ0v) is 12.7. The van der Waals surface area contributed by atoms with Crippen molar-refractivity contribution >= 4 is 28.9 Å². The summed E-state index contributed by atoms with van der Waals surface area (Å²) >= 11 is 6.04. The van der Waals surface area contributed by atoms with Crippen LogP contribution in [-0.2, 0) is 4.79 Å². The maximum absolute atomic E-state index is 12.0. The normalized spacial score (nSPS) is 10.0. The van der Waals surface area contributed by atoms with E-state index in [0.717, 1.165) is 11.3 Å². The average molecular weight is 305 g/mol. The zero-order valence-electron chi connectivity index (χ0n) is 11.9. The Morgan fingerprint density at radius 3 is 2.62 bits per heavy atom. The van der Waals surface area contributed by atoms with Crippen LogP contribution in [0.25, 0.3) is 0 Å². The number of ether oxygens (including phenoxy) is 1. The minimum atomic E-state index is -0.154. The molecule has 0 aliphatic heterocycles. The van der Waals surface area contributed by atoms with Crippen LogP contribution in [-0.4, -0.2) is 19.6 Å². The minimum Gasteiger partial charge on any atom is -0.495 e. The Bertz CT molecular complexity index is 644. The maximum Gasteiger partial charge on any atom is 0.243 e. The molecule has 0 heterocycles. The Hall–Kier alpha value is -2.20.